The van der Waals surface area contributed by atoms with Crippen LogP contribution in [0.15, 0.2) is 17.2 Å². The summed E-state index contributed by atoms with van der Waals surface area (Å²) in [5.74, 6) is 0.563. The van der Waals surface area contributed by atoms with E-state index in [1.54, 1.807) is 6.07 Å². The summed E-state index contributed by atoms with van der Waals surface area (Å²) in [7, 11) is 0. The number of aromatic nitrogens is 4. The molecule has 96 valence electrons. The predicted molar refractivity (Wildman–Crippen MR) is 65.4 cm³/mol. The van der Waals surface area contributed by atoms with Gasteiger partial charge in [-0.25, -0.2) is 19.3 Å². The maximum atomic E-state index is 11.2. The fourth-order valence-electron chi connectivity index (χ4n) is 1.50. The lowest BCUT2D eigenvalue weighted by molar-refractivity contribution is -0.120. The first-order valence-corrected chi connectivity index (χ1v) is 5.64. The summed E-state index contributed by atoms with van der Waals surface area (Å²) >= 11 is 0. The molecule has 0 radical (unpaired) electrons. The van der Waals surface area contributed by atoms with E-state index in [4.69, 9.17) is 0 Å². The van der Waals surface area contributed by atoms with Crippen LogP contribution in [0.2, 0.25) is 0 Å². The average molecular weight is 250 g/mol. The SMILES string of the molecule is CCNC(=O)CCNc1cc2n[nH]c(=O)n2cn1. The Labute approximate surface area is 102 Å². The number of nitrogens with one attached hydrogen (secondary N) is 3. The number of rotatable bonds is 5. The van der Waals surface area contributed by atoms with Crippen LogP contribution in [0.4, 0.5) is 5.82 Å². The van der Waals surface area contributed by atoms with Crippen molar-refractivity contribution in [3.8, 4) is 0 Å². The predicted octanol–water partition coefficient (Wildman–Crippen LogP) is -0.644. The number of carbonyl (C=O) groups excluding carboxylic acids is 1. The van der Waals surface area contributed by atoms with Crippen LogP contribution in [0.5, 0.6) is 0 Å². The maximum Gasteiger partial charge on any atom is 0.348 e. The summed E-state index contributed by atoms with van der Waals surface area (Å²) < 4.78 is 1.30. The molecule has 0 aliphatic carbocycles. The molecule has 0 saturated heterocycles. The van der Waals surface area contributed by atoms with Crippen molar-refractivity contribution in [1.82, 2.24) is 24.9 Å². The Kier molecular flexibility index (Phi) is 3.56. The molecular weight excluding hydrogens is 236 g/mol. The smallest absolute Gasteiger partial charge is 0.348 e. The van der Waals surface area contributed by atoms with Crippen molar-refractivity contribution in [3.05, 3.63) is 22.9 Å². The van der Waals surface area contributed by atoms with Crippen molar-refractivity contribution >= 4 is 17.4 Å². The van der Waals surface area contributed by atoms with Crippen LogP contribution in [-0.2, 0) is 4.79 Å². The molecule has 8 heteroatoms. The Morgan fingerprint density at radius 3 is 3.17 bits per heavy atom. The second-order valence-corrected chi connectivity index (χ2v) is 3.66. The van der Waals surface area contributed by atoms with Crippen molar-refractivity contribution in [2.45, 2.75) is 13.3 Å². The fraction of sp³-hybridized carbons (Fsp3) is 0.400. The number of amides is 1. The zero-order valence-corrected chi connectivity index (χ0v) is 9.93. The summed E-state index contributed by atoms with van der Waals surface area (Å²) in [6.45, 7) is 2.97. The van der Waals surface area contributed by atoms with Gasteiger partial charge in [0.2, 0.25) is 5.91 Å². The van der Waals surface area contributed by atoms with Gasteiger partial charge in [-0.1, -0.05) is 0 Å². The number of carbonyl (C=O) groups is 1. The molecule has 3 N–H and O–H groups in total. The minimum Gasteiger partial charge on any atom is -0.369 e. The molecule has 0 aliphatic heterocycles. The molecule has 2 aromatic rings. The molecule has 8 nitrogen and oxygen atoms in total. The molecule has 2 heterocycles. The highest BCUT2D eigenvalue weighted by Gasteiger charge is 2.03. The van der Waals surface area contributed by atoms with Crippen LogP contribution < -0.4 is 16.3 Å². The van der Waals surface area contributed by atoms with Gasteiger partial charge in [0.05, 0.1) is 0 Å². The van der Waals surface area contributed by atoms with Crippen molar-refractivity contribution in [2.24, 2.45) is 0 Å². The number of nitrogens with zero attached hydrogens (tertiary/aromatic N) is 3. The minimum absolute atomic E-state index is 0.0120. The summed E-state index contributed by atoms with van der Waals surface area (Å²) in [5, 5.41) is 11.8. The van der Waals surface area contributed by atoms with Gasteiger partial charge in [0.25, 0.3) is 0 Å². The van der Waals surface area contributed by atoms with Gasteiger partial charge in [-0.2, -0.15) is 5.10 Å². The fourth-order valence-corrected chi connectivity index (χ4v) is 1.50. The zero-order chi connectivity index (χ0) is 13.0. The molecule has 0 unspecified atom stereocenters. The number of fused-ring (bicyclic) bond motifs is 1. The van der Waals surface area contributed by atoms with Crippen molar-refractivity contribution in [3.63, 3.8) is 0 Å². The second kappa shape index (κ2) is 5.30. The summed E-state index contributed by atoms with van der Waals surface area (Å²) in [6.07, 6.45) is 1.75. The third-order valence-electron chi connectivity index (χ3n) is 2.34. The Morgan fingerprint density at radius 2 is 2.39 bits per heavy atom. The lowest BCUT2D eigenvalue weighted by Gasteiger charge is -2.05. The topological polar surface area (TPSA) is 104 Å². The first-order valence-electron chi connectivity index (χ1n) is 5.64. The summed E-state index contributed by atoms with van der Waals surface area (Å²) in [5.41, 5.74) is 0.155. The van der Waals surface area contributed by atoms with E-state index in [2.05, 4.69) is 25.8 Å². The lowest BCUT2D eigenvalue weighted by atomic mass is 10.4. The number of hydrogen-bond acceptors (Lipinski definition) is 5. The van der Waals surface area contributed by atoms with Gasteiger partial charge in [-0.05, 0) is 6.92 Å². The number of H-pyrrole nitrogens is 1. The summed E-state index contributed by atoms with van der Waals surface area (Å²) in [4.78, 5) is 26.5. The van der Waals surface area contributed by atoms with Crippen LogP contribution in [0.1, 0.15) is 13.3 Å². The highest BCUT2D eigenvalue weighted by atomic mass is 16.2. The quantitative estimate of drug-likeness (QED) is 0.654. The van der Waals surface area contributed by atoms with E-state index in [1.165, 1.54) is 10.7 Å². The van der Waals surface area contributed by atoms with Gasteiger partial charge >= 0.3 is 5.69 Å². The maximum absolute atomic E-state index is 11.2. The van der Waals surface area contributed by atoms with E-state index in [-0.39, 0.29) is 11.6 Å². The first kappa shape index (κ1) is 12.1. The molecule has 0 fully saturated rings. The third kappa shape index (κ3) is 2.65. The lowest BCUT2D eigenvalue weighted by Crippen LogP contribution is -2.24. The van der Waals surface area contributed by atoms with Gasteiger partial charge in [-0.15, -0.1) is 0 Å². The molecule has 0 atom stereocenters. The molecule has 2 aromatic heterocycles. The summed E-state index contributed by atoms with van der Waals surface area (Å²) in [6, 6.07) is 1.63. The average Bonchev–Trinajstić information content (AvgIpc) is 2.71. The van der Waals surface area contributed by atoms with Gasteiger partial charge in [0.15, 0.2) is 5.65 Å². The van der Waals surface area contributed by atoms with Crippen molar-refractivity contribution in [1.29, 1.82) is 0 Å². The van der Waals surface area contributed by atoms with E-state index < -0.39 is 0 Å². The largest absolute Gasteiger partial charge is 0.369 e. The molecule has 0 saturated carbocycles. The molecule has 18 heavy (non-hydrogen) atoms. The van der Waals surface area contributed by atoms with Crippen LogP contribution in [-0.4, -0.2) is 38.6 Å². The van der Waals surface area contributed by atoms with Crippen molar-refractivity contribution < 1.29 is 4.79 Å². The molecule has 0 aliphatic rings. The van der Waals surface area contributed by atoms with Gasteiger partial charge in [-0.3, -0.25) is 4.79 Å². The highest BCUT2D eigenvalue weighted by molar-refractivity contribution is 5.76. The Morgan fingerprint density at radius 1 is 1.56 bits per heavy atom. The molecule has 0 spiro atoms. The second-order valence-electron chi connectivity index (χ2n) is 3.66. The number of aromatic amines is 1. The monoisotopic (exact) mass is 250 g/mol. The first-order chi connectivity index (χ1) is 8.70. The third-order valence-corrected chi connectivity index (χ3v) is 2.34. The van der Waals surface area contributed by atoms with Gasteiger partial charge in [0.1, 0.15) is 12.1 Å². The Balaban J connectivity index is 1.96. The zero-order valence-electron chi connectivity index (χ0n) is 9.93. The molecule has 1 amide bonds. The normalized spacial score (nSPS) is 10.5. The molecular formula is C10H14N6O2. The van der Waals surface area contributed by atoms with E-state index >= 15 is 0 Å². The Bertz CT molecular complexity index is 602. The molecule has 0 bridgehead atoms. The molecule has 0 aromatic carbocycles. The highest BCUT2D eigenvalue weighted by Crippen LogP contribution is 2.03. The van der Waals surface area contributed by atoms with Crippen LogP contribution in [0.3, 0.4) is 0 Å². The van der Waals surface area contributed by atoms with Gasteiger partial charge in [0, 0.05) is 25.6 Å². The number of anilines is 1. The standard InChI is InChI=1S/C10H14N6O2/c1-2-11-9(17)3-4-12-7-5-8-14-15-10(18)16(8)6-13-7/h5-6,12H,2-4H2,1H3,(H,11,17)(H,15,18). The van der Waals surface area contributed by atoms with E-state index in [9.17, 15) is 9.59 Å². The van der Waals surface area contributed by atoms with E-state index in [1.807, 2.05) is 6.92 Å². The van der Waals surface area contributed by atoms with E-state index in [0.717, 1.165) is 0 Å². The minimum atomic E-state index is -0.327. The van der Waals surface area contributed by atoms with Gasteiger partial charge < -0.3 is 10.6 Å². The van der Waals surface area contributed by atoms with E-state index in [0.29, 0.717) is 31.0 Å². The molecule has 2 rings (SSSR count). The van der Waals surface area contributed by atoms with Crippen LogP contribution in [0.25, 0.3) is 5.65 Å². The number of hydrogen-bond donors (Lipinski definition) is 3. The van der Waals surface area contributed by atoms with Crippen LogP contribution in [0, 0.1) is 0 Å². The Hall–Kier alpha value is -2.38. The van der Waals surface area contributed by atoms with Crippen molar-refractivity contribution in [2.75, 3.05) is 18.4 Å². The van der Waals surface area contributed by atoms with Crippen LogP contribution >= 0.6 is 0 Å².